The van der Waals surface area contributed by atoms with Gasteiger partial charge in [-0.3, -0.25) is 9.29 Å². The lowest BCUT2D eigenvalue weighted by atomic mass is 9.81. The summed E-state index contributed by atoms with van der Waals surface area (Å²) in [4.78, 5) is 2.34. The average Bonchev–Trinajstić information content (AvgIpc) is 2.55. The molecule has 3 rings (SSSR count). The monoisotopic (exact) mass is 158 g/mol. The molecule has 64 valence electrons. The molecular weight excluding hydrogens is 143 g/mol. The van der Waals surface area contributed by atoms with Crippen LogP contribution in [-0.4, -0.2) is 36.7 Å². The van der Waals surface area contributed by atoms with Crippen molar-refractivity contribution in [2.45, 2.75) is 24.9 Å². The van der Waals surface area contributed by atoms with Gasteiger partial charge >= 0.3 is 0 Å². The van der Waals surface area contributed by atoms with Crippen molar-refractivity contribution < 1.29 is 4.39 Å². The van der Waals surface area contributed by atoms with Crippen molar-refractivity contribution in [3.8, 4) is 0 Å². The van der Waals surface area contributed by atoms with Gasteiger partial charge in [0.1, 0.15) is 0 Å². The molecule has 1 aliphatic carbocycles. The van der Waals surface area contributed by atoms with Crippen LogP contribution in [0.2, 0.25) is 0 Å². The predicted molar refractivity (Wildman–Crippen MR) is 42.0 cm³/mol. The summed E-state index contributed by atoms with van der Waals surface area (Å²) < 4.78 is 11.8. The first-order valence-electron chi connectivity index (χ1n) is 4.38. The van der Waals surface area contributed by atoms with Crippen LogP contribution < -0.4 is 5.73 Å². The van der Waals surface area contributed by atoms with Gasteiger partial charge in [0.05, 0.1) is 6.67 Å². The number of hydrogen-bond donors (Lipinski definition) is 1. The third kappa shape index (κ3) is 1.07. The minimum atomic E-state index is -0.191. The van der Waals surface area contributed by atoms with Gasteiger partial charge in [-0.1, -0.05) is 0 Å². The highest BCUT2D eigenvalue weighted by Crippen LogP contribution is 2.39. The van der Waals surface area contributed by atoms with Gasteiger partial charge in [-0.2, -0.15) is 0 Å². The van der Waals surface area contributed by atoms with Crippen molar-refractivity contribution in [2.24, 2.45) is 11.7 Å². The van der Waals surface area contributed by atoms with Gasteiger partial charge in [0, 0.05) is 25.2 Å². The molecule has 0 unspecified atom stereocenters. The fourth-order valence-corrected chi connectivity index (χ4v) is 2.29. The third-order valence-electron chi connectivity index (χ3n) is 3.05. The Labute approximate surface area is 66.5 Å². The minimum Gasteiger partial charge on any atom is -0.326 e. The lowest BCUT2D eigenvalue weighted by Gasteiger charge is -2.33. The maximum absolute atomic E-state index is 11.8. The molecule has 3 atom stereocenters. The number of fused-ring (bicyclic) bond motifs is 1. The number of halogens is 1. The Hall–Kier alpha value is -0.150. The third-order valence-corrected chi connectivity index (χ3v) is 3.05. The first kappa shape index (κ1) is 7.50. The highest BCUT2D eigenvalue weighted by atomic mass is 19.1. The molecule has 2 saturated heterocycles. The highest BCUT2D eigenvalue weighted by molar-refractivity contribution is 5.06. The molecule has 0 spiro atoms. The molecule has 2 nitrogen and oxygen atoms in total. The number of nitrogens with zero attached hydrogens (tertiary/aromatic N) is 1. The zero-order chi connectivity index (χ0) is 7.84. The SMILES string of the molecule is N[C@H]1[C@@H]2C[C@H]1N(CCCF)C2. The zero-order valence-electron chi connectivity index (χ0n) is 6.67. The molecule has 3 fully saturated rings. The number of alkyl halides is 1. The molecular formula is C8H15FN2. The molecule has 2 bridgehead atoms. The predicted octanol–water partition coefficient (Wildman–Crippen LogP) is 0.377. The molecule has 2 N–H and O–H groups in total. The Morgan fingerprint density at radius 3 is 2.82 bits per heavy atom. The summed E-state index contributed by atoms with van der Waals surface area (Å²) in [7, 11) is 0. The van der Waals surface area contributed by atoms with Crippen LogP contribution in [0, 0.1) is 5.92 Å². The molecule has 0 aromatic heterocycles. The van der Waals surface area contributed by atoms with Crippen LogP contribution in [0.25, 0.3) is 0 Å². The van der Waals surface area contributed by atoms with E-state index in [1.54, 1.807) is 0 Å². The van der Waals surface area contributed by atoms with E-state index in [2.05, 4.69) is 4.90 Å². The Balaban J connectivity index is 1.80. The Morgan fingerprint density at radius 1 is 1.55 bits per heavy atom. The van der Waals surface area contributed by atoms with Crippen LogP contribution in [0.4, 0.5) is 4.39 Å². The second kappa shape index (κ2) is 2.72. The topological polar surface area (TPSA) is 29.3 Å². The second-order valence-corrected chi connectivity index (χ2v) is 3.68. The lowest BCUT2D eigenvalue weighted by molar-refractivity contribution is 0.208. The molecule has 3 heteroatoms. The van der Waals surface area contributed by atoms with Gasteiger partial charge in [-0.25, -0.2) is 0 Å². The summed E-state index contributed by atoms with van der Waals surface area (Å²) in [5.41, 5.74) is 5.85. The number of rotatable bonds is 3. The van der Waals surface area contributed by atoms with Gasteiger partial charge < -0.3 is 5.73 Å². The van der Waals surface area contributed by atoms with Crippen molar-refractivity contribution in [1.29, 1.82) is 0 Å². The summed E-state index contributed by atoms with van der Waals surface area (Å²) in [6, 6.07) is 0.987. The standard InChI is InChI=1S/C8H15FN2/c9-2-1-3-11-5-6-4-7(11)8(6)10/h6-8H,1-5,10H2/t6-,7-,8+/m1/s1. The van der Waals surface area contributed by atoms with Crippen LogP contribution in [0.15, 0.2) is 0 Å². The van der Waals surface area contributed by atoms with E-state index in [-0.39, 0.29) is 6.67 Å². The van der Waals surface area contributed by atoms with Crippen LogP contribution in [0.1, 0.15) is 12.8 Å². The summed E-state index contributed by atoms with van der Waals surface area (Å²) in [6.07, 6.45) is 1.93. The quantitative estimate of drug-likeness (QED) is 0.643. The summed E-state index contributed by atoms with van der Waals surface area (Å²) in [5.74, 6) is 0.722. The van der Waals surface area contributed by atoms with Crippen molar-refractivity contribution in [2.75, 3.05) is 19.8 Å². The second-order valence-electron chi connectivity index (χ2n) is 3.68. The van der Waals surface area contributed by atoms with Gasteiger partial charge in [0.25, 0.3) is 0 Å². The zero-order valence-corrected chi connectivity index (χ0v) is 6.67. The fraction of sp³-hybridized carbons (Fsp3) is 1.00. The maximum atomic E-state index is 11.8. The molecule has 2 aliphatic heterocycles. The number of nitrogens with two attached hydrogens (primary N) is 1. The molecule has 1 saturated carbocycles. The van der Waals surface area contributed by atoms with Crippen LogP contribution in [0.3, 0.4) is 0 Å². The number of hydrogen-bond acceptors (Lipinski definition) is 2. The van der Waals surface area contributed by atoms with Crippen LogP contribution >= 0.6 is 0 Å². The van der Waals surface area contributed by atoms with Gasteiger partial charge in [-0.05, 0) is 18.8 Å². The molecule has 0 radical (unpaired) electrons. The summed E-state index contributed by atoms with van der Waals surface area (Å²) in [6.45, 7) is 1.83. The van der Waals surface area contributed by atoms with E-state index in [1.165, 1.54) is 6.42 Å². The Morgan fingerprint density at radius 2 is 2.36 bits per heavy atom. The van der Waals surface area contributed by atoms with E-state index < -0.39 is 0 Å². The van der Waals surface area contributed by atoms with Crippen molar-refractivity contribution in [3.63, 3.8) is 0 Å². The van der Waals surface area contributed by atoms with E-state index in [1.807, 2.05) is 0 Å². The Bertz CT molecular complexity index is 151. The van der Waals surface area contributed by atoms with Gasteiger partial charge in [0.15, 0.2) is 0 Å². The average molecular weight is 158 g/mol. The molecule has 0 aromatic carbocycles. The first-order chi connectivity index (χ1) is 5.33. The van der Waals surface area contributed by atoms with E-state index in [9.17, 15) is 4.39 Å². The normalized spacial score (nSPS) is 42.5. The largest absolute Gasteiger partial charge is 0.326 e. The van der Waals surface area contributed by atoms with E-state index in [0.717, 1.165) is 19.0 Å². The molecule has 0 aromatic rings. The lowest BCUT2D eigenvalue weighted by Crippen LogP contribution is -2.49. The summed E-state index contributed by atoms with van der Waals surface area (Å²) >= 11 is 0. The molecule has 11 heavy (non-hydrogen) atoms. The maximum Gasteiger partial charge on any atom is 0.0906 e. The van der Waals surface area contributed by atoms with Gasteiger partial charge in [0.2, 0.25) is 0 Å². The fourth-order valence-electron chi connectivity index (χ4n) is 2.29. The highest BCUT2D eigenvalue weighted by Gasteiger charge is 2.49. The van der Waals surface area contributed by atoms with Crippen LogP contribution in [0.5, 0.6) is 0 Å². The van der Waals surface area contributed by atoms with Crippen LogP contribution in [-0.2, 0) is 0 Å². The van der Waals surface area contributed by atoms with E-state index in [0.29, 0.717) is 18.5 Å². The smallest absolute Gasteiger partial charge is 0.0906 e. The molecule has 2 heterocycles. The van der Waals surface area contributed by atoms with Crippen molar-refractivity contribution >= 4 is 0 Å². The Kier molecular flexibility index (Phi) is 1.85. The van der Waals surface area contributed by atoms with E-state index in [4.69, 9.17) is 5.73 Å². The minimum absolute atomic E-state index is 0.191. The summed E-state index contributed by atoms with van der Waals surface area (Å²) in [5, 5.41) is 0. The molecule has 3 aliphatic rings. The van der Waals surface area contributed by atoms with Gasteiger partial charge in [-0.15, -0.1) is 0 Å². The molecule has 0 amide bonds. The van der Waals surface area contributed by atoms with Crippen molar-refractivity contribution in [1.82, 2.24) is 4.90 Å². The first-order valence-corrected chi connectivity index (χ1v) is 4.38. The van der Waals surface area contributed by atoms with E-state index >= 15 is 0 Å². The van der Waals surface area contributed by atoms with Crippen molar-refractivity contribution in [3.05, 3.63) is 0 Å².